The van der Waals surface area contributed by atoms with E-state index in [0.717, 1.165) is 23.5 Å². The third kappa shape index (κ3) is 2.06. The summed E-state index contributed by atoms with van der Waals surface area (Å²) in [4.78, 5) is 0. The normalized spacial score (nSPS) is 17.1. The number of hydrogen-bond acceptors (Lipinski definition) is 2. The van der Waals surface area contributed by atoms with Crippen LogP contribution in [0.25, 0.3) is 0 Å². The van der Waals surface area contributed by atoms with Crippen LogP contribution in [0.2, 0.25) is 0 Å². The van der Waals surface area contributed by atoms with Crippen molar-refractivity contribution in [2.75, 3.05) is 0 Å². The van der Waals surface area contributed by atoms with Crippen molar-refractivity contribution in [2.45, 2.75) is 20.3 Å². The molecule has 0 amide bonds. The fraction of sp³-hybridized carbons (Fsp3) is 0.214. The standard InChI is InChI=1S/C14H15NO/c1-3-11(10(2)15)8-13-9-12-6-4-5-7-14(12)16-13/h3-8,15H,9H2,1-2H3/b11-3+,13-8+,15-10?. The largest absolute Gasteiger partial charge is 0.461 e. The monoisotopic (exact) mass is 213 g/mol. The Labute approximate surface area is 95.8 Å². The smallest absolute Gasteiger partial charge is 0.130 e. The molecule has 0 unspecified atom stereocenters. The van der Waals surface area contributed by atoms with Crippen LogP contribution in [0.3, 0.4) is 0 Å². The molecule has 2 heteroatoms. The van der Waals surface area contributed by atoms with Gasteiger partial charge in [0.2, 0.25) is 0 Å². The fourth-order valence-electron chi connectivity index (χ4n) is 1.78. The maximum Gasteiger partial charge on any atom is 0.130 e. The van der Waals surface area contributed by atoms with Crippen molar-refractivity contribution >= 4 is 5.71 Å². The lowest BCUT2D eigenvalue weighted by atomic mass is 10.1. The first kappa shape index (κ1) is 10.7. The second-order valence-electron chi connectivity index (χ2n) is 3.87. The first-order valence-corrected chi connectivity index (χ1v) is 5.39. The highest BCUT2D eigenvalue weighted by molar-refractivity contribution is 5.98. The summed E-state index contributed by atoms with van der Waals surface area (Å²) >= 11 is 0. The minimum absolute atomic E-state index is 0.564. The van der Waals surface area contributed by atoms with Gasteiger partial charge in [0.05, 0.1) is 0 Å². The van der Waals surface area contributed by atoms with Crippen molar-refractivity contribution < 1.29 is 4.74 Å². The average molecular weight is 213 g/mol. The van der Waals surface area contributed by atoms with Crippen LogP contribution in [-0.2, 0) is 6.42 Å². The van der Waals surface area contributed by atoms with Crippen LogP contribution in [-0.4, -0.2) is 5.71 Å². The Bertz CT molecular complexity index is 456. The molecule has 0 fully saturated rings. The van der Waals surface area contributed by atoms with Crippen LogP contribution in [0.4, 0.5) is 0 Å². The highest BCUT2D eigenvalue weighted by Gasteiger charge is 2.16. The molecule has 0 aromatic heterocycles. The molecule has 82 valence electrons. The third-order valence-corrected chi connectivity index (χ3v) is 2.64. The lowest BCUT2D eigenvalue weighted by Gasteiger charge is -2.01. The second-order valence-corrected chi connectivity index (χ2v) is 3.87. The molecule has 1 aliphatic heterocycles. The molecule has 1 heterocycles. The van der Waals surface area contributed by atoms with E-state index in [1.165, 1.54) is 5.56 Å². The van der Waals surface area contributed by atoms with Crippen LogP contribution in [0.1, 0.15) is 19.4 Å². The van der Waals surface area contributed by atoms with Crippen LogP contribution >= 0.6 is 0 Å². The summed E-state index contributed by atoms with van der Waals surface area (Å²) in [6.45, 7) is 3.72. The molecule has 0 saturated carbocycles. The molecule has 2 nitrogen and oxygen atoms in total. The third-order valence-electron chi connectivity index (χ3n) is 2.64. The number of benzene rings is 1. The molecule has 0 aliphatic carbocycles. The summed E-state index contributed by atoms with van der Waals surface area (Å²) in [7, 11) is 0. The summed E-state index contributed by atoms with van der Waals surface area (Å²) in [6.07, 6.45) is 4.70. The predicted octanol–water partition coefficient (Wildman–Crippen LogP) is 3.49. The van der Waals surface area contributed by atoms with Crippen LogP contribution in [0.15, 0.2) is 47.7 Å². The molecule has 1 aromatic carbocycles. The Morgan fingerprint density at radius 2 is 2.12 bits per heavy atom. The highest BCUT2D eigenvalue weighted by Crippen LogP contribution is 2.30. The number of ether oxygens (including phenoxy) is 1. The molecule has 0 bridgehead atoms. The molecule has 0 saturated heterocycles. The Morgan fingerprint density at radius 1 is 1.38 bits per heavy atom. The van der Waals surface area contributed by atoms with Crippen molar-refractivity contribution in [3.63, 3.8) is 0 Å². The average Bonchev–Trinajstić information content (AvgIpc) is 2.67. The lowest BCUT2D eigenvalue weighted by molar-refractivity contribution is 0.446. The minimum atomic E-state index is 0.564. The highest BCUT2D eigenvalue weighted by atomic mass is 16.5. The zero-order chi connectivity index (χ0) is 11.5. The van der Waals surface area contributed by atoms with E-state index >= 15 is 0 Å². The van der Waals surface area contributed by atoms with Crippen LogP contribution in [0, 0.1) is 5.41 Å². The van der Waals surface area contributed by atoms with Crippen LogP contribution in [0.5, 0.6) is 5.75 Å². The number of nitrogens with one attached hydrogen (secondary N) is 1. The molecular weight excluding hydrogens is 198 g/mol. The summed E-state index contributed by atoms with van der Waals surface area (Å²) in [5, 5.41) is 7.61. The van der Waals surface area contributed by atoms with Gasteiger partial charge in [-0.3, -0.25) is 0 Å². The lowest BCUT2D eigenvalue weighted by Crippen LogP contribution is -1.96. The summed E-state index contributed by atoms with van der Waals surface area (Å²) in [5.74, 6) is 1.85. The zero-order valence-corrected chi connectivity index (χ0v) is 9.58. The van der Waals surface area contributed by atoms with Gasteiger partial charge in [0.25, 0.3) is 0 Å². The number of hydrogen-bond donors (Lipinski definition) is 1. The molecule has 1 aliphatic rings. The topological polar surface area (TPSA) is 33.1 Å². The number of allylic oxidation sites excluding steroid dienone is 4. The Morgan fingerprint density at radius 3 is 2.75 bits per heavy atom. The van der Waals surface area contributed by atoms with E-state index in [1.54, 1.807) is 6.92 Å². The fourth-order valence-corrected chi connectivity index (χ4v) is 1.78. The van der Waals surface area contributed by atoms with E-state index < -0.39 is 0 Å². The minimum Gasteiger partial charge on any atom is -0.461 e. The molecule has 2 rings (SSSR count). The molecular formula is C14H15NO. The molecule has 0 atom stereocenters. The van der Waals surface area contributed by atoms with Gasteiger partial charge in [-0.2, -0.15) is 0 Å². The van der Waals surface area contributed by atoms with Crippen molar-refractivity contribution in [3.8, 4) is 5.75 Å². The van der Waals surface area contributed by atoms with E-state index in [1.807, 2.05) is 37.3 Å². The van der Waals surface area contributed by atoms with E-state index in [9.17, 15) is 0 Å². The van der Waals surface area contributed by atoms with Gasteiger partial charge in [-0.25, -0.2) is 0 Å². The Hall–Kier alpha value is -1.83. The number of rotatable bonds is 2. The van der Waals surface area contributed by atoms with Crippen molar-refractivity contribution in [3.05, 3.63) is 53.3 Å². The van der Waals surface area contributed by atoms with Crippen molar-refractivity contribution in [1.82, 2.24) is 0 Å². The maximum atomic E-state index is 7.61. The number of fused-ring (bicyclic) bond motifs is 1. The molecule has 16 heavy (non-hydrogen) atoms. The van der Waals surface area contributed by atoms with E-state index in [4.69, 9.17) is 10.1 Å². The zero-order valence-electron chi connectivity index (χ0n) is 9.58. The van der Waals surface area contributed by atoms with E-state index in [0.29, 0.717) is 5.71 Å². The molecule has 0 spiro atoms. The van der Waals surface area contributed by atoms with Gasteiger partial charge < -0.3 is 10.1 Å². The van der Waals surface area contributed by atoms with Gasteiger partial charge in [0.15, 0.2) is 0 Å². The van der Waals surface area contributed by atoms with Crippen LogP contribution < -0.4 is 4.74 Å². The van der Waals surface area contributed by atoms with Crippen molar-refractivity contribution in [2.24, 2.45) is 0 Å². The quantitative estimate of drug-likeness (QED) is 0.749. The summed E-state index contributed by atoms with van der Waals surface area (Å²) in [5.41, 5.74) is 2.70. The first-order valence-electron chi connectivity index (χ1n) is 5.39. The second kappa shape index (κ2) is 4.35. The SMILES string of the molecule is C/C=C(\C=C1/Cc2ccccc2O1)C(C)=N. The summed E-state index contributed by atoms with van der Waals surface area (Å²) in [6, 6.07) is 8.04. The van der Waals surface area contributed by atoms with Gasteiger partial charge in [0.1, 0.15) is 11.5 Å². The van der Waals surface area contributed by atoms with E-state index in [-0.39, 0.29) is 0 Å². The Kier molecular flexibility index (Phi) is 2.91. The van der Waals surface area contributed by atoms with Crippen molar-refractivity contribution in [1.29, 1.82) is 5.41 Å². The maximum absolute atomic E-state index is 7.61. The molecule has 1 N–H and O–H groups in total. The number of para-hydroxylation sites is 1. The summed E-state index contributed by atoms with van der Waals surface area (Å²) < 4.78 is 5.71. The first-order chi connectivity index (χ1) is 7.70. The van der Waals surface area contributed by atoms with Gasteiger partial charge >= 0.3 is 0 Å². The molecule has 1 aromatic rings. The van der Waals surface area contributed by atoms with Gasteiger partial charge in [-0.15, -0.1) is 0 Å². The predicted molar refractivity (Wildman–Crippen MR) is 66.0 cm³/mol. The van der Waals surface area contributed by atoms with Gasteiger partial charge in [-0.05, 0) is 31.6 Å². The van der Waals surface area contributed by atoms with E-state index in [2.05, 4.69) is 6.07 Å². The molecule has 0 radical (unpaired) electrons. The Balaban J connectivity index is 2.23. The van der Waals surface area contributed by atoms with Gasteiger partial charge in [-0.1, -0.05) is 24.3 Å². The van der Waals surface area contributed by atoms with Gasteiger partial charge in [0, 0.05) is 17.7 Å².